The summed E-state index contributed by atoms with van der Waals surface area (Å²) in [4.78, 5) is 0. The van der Waals surface area contributed by atoms with Gasteiger partial charge in [0.05, 0.1) is 92.5 Å². The van der Waals surface area contributed by atoms with Gasteiger partial charge in [-0.05, 0) is 0 Å². The molecular weight excluding hydrogens is 320 g/mol. The van der Waals surface area contributed by atoms with Crippen molar-refractivity contribution in [1.29, 1.82) is 0 Å². The van der Waals surface area contributed by atoms with Crippen LogP contribution in [0.2, 0.25) is 0 Å². The van der Waals surface area contributed by atoms with E-state index in [1.54, 1.807) is 14.2 Å². The Labute approximate surface area is 145 Å². The Balaban J connectivity index is 0.000000754. The standard InChI is InChI=1S/C12H24O6.C4H10O2/c1-2-14-5-6-16-9-10-18-12-11-17-8-7-15-4-3-13-1;1-5-3-4-6-2/h1-12H2;3-4H2,1-2H3. The van der Waals surface area contributed by atoms with Gasteiger partial charge in [0.25, 0.3) is 0 Å². The van der Waals surface area contributed by atoms with Crippen molar-refractivity contribution in [3.05, 3.63) is 0 Å². The van der Waals surface area contributed by atoms with Gasteiger partial charge in [-0.2, -0.15) is 0 Å². The van der Waals surface area contributed by atoms with Crippen LogP contribution < -0.4 is 0 Å². The third-order valence-electron chi connectivity index (χ3n) is 2.72. The molecule has 0 radical (unpaired) electrons. The molecule has 0 bridgehead atoms. The second kappa shape index (κ2) is 22.7. The van der Waals surface area contributed by atoms with Crippen LogP contribution in [0.1, 0.15) is 0 Å². The van der Waals surface area contributed by atoms with Crippen LogP contribution in [0.3, 0.4) is 0 Å². The number of hydrogen-bond donors (Lipinski definition) is 0. The molecule has 1 fully saturated rings. The Bertz CT molecular complexity index is 139. The quantitative estimate of drug-likeness (QED) is 0.674. The summed E-state index contributed by atoms with van der Waals surface area (Å²) in [5.41, 5.74) is 0. The van der Waals surface area contributed by atoms with Crippen LogP contribution in [0.5, 0.6) is 0 Å². The fourth-order valence-electron chi connectivity index (χ4n) is 1.49. The number of rotatable bonds is 3. The largest absolute Gasteiger partial charge is 0.382 e. The first-order valence-electron chi connectivity index (χ1n) is 8.36. The van der Waals surface area contributed by atoms with Gasteiger partial charge < -0.3 is 37.9 Å². The zero-order chi connectivity index (χ0) is 17.6. The van der Waals surface area contributed by atoms with Crippen molar-refractivity contribution in [2.45, 2.75) is 0 Å². The highest BCUT2D eigenvalue weighted by Gasteiger charge is 1.95. The van der Waals surface area contributed by atoms with Crippen LogP contribution in [-0.2, 0) is 37.9 Å². The van der Waals surface area contributed by atoms with Gasteiger partial charge in [0.2, 0.25) is 0 Å². The van der Waals surface area contributed by atoms with Crippen molar-refractivity contribution in [3.8, 4) is 0 Å². The molecule has 1 aliphatic rings. The molecule has 0 aliphatic carbocycles. The lowest BCUT2D eigenvalue weighted by Crippen LogP contribution is -2.16. The zero-order valence-corrected chi connectivity index (χ0v) is 15.2. The van der Waals surface area contributed by atoms with Crippen molar-refractivity contribution in [2.24, 2.45) is 0 Å². The highest BCUT2D eigenvalue weighted by molar-refractivity contribution is 4.38. The first-order chi connectivity index (χ1) is 11.9. The van der Waals surface area contributed by atoms with E-state index in [1.807, 2.05) is 0 Å². The van der Waals surface area contributed by atoms with Gasteiger partial charge in [-0.15, -0.1) is 0 Å². The maximum absolute atomic E-state index is 5.33. The third kappa shape index (κ3) is 21.7. The Kier molecular flexibility index (Phi) is 22.4. The molecule has 0 saturated carbocycles. The first-order valence-corrected chi connectivity index (χ1v) is 8.36. The van der Waals surface area contributed by atoms with Crippen molar-refractivity contribution >= 4 is 0 Å². The smallest absolute Gasteiger partial charge is 0.0701 e. The molecule has 1 saturated heterocycles. The molecule has 146 valence electrons. The van der Waals surface area contributed by atoms with E-state index in [0.29, 0.717) is 92.5 Å². The number of methoxy groups -OCH3 is 2. The van der Waals surface area contributed by atoms with Crippen LogP contribution in [0.25, 0.3) is 0 Å². The van der Waals surface area contributed by atoms with Gasteiger partial charge in [0.15, 0.2) is 0 Å². The van der Waals surface area contributed by atoms with Crippen LogP contribution in [0.15, 0.2) is 0 Å². The minimum absolute atomic E-state index is 0.586. The molecule has 0 aromatic heterocycles. The number of hydrogen-bond acceptors (Lipinski definition) is 8. The van der Waals surface area contributed by atoms with Gasteiger partial charge in [-0.25, -0.2) is 0 Å². The van der Waals surface area contributed by atoms with E-state index in [2.05, 4.69) is 9.47 Å². The maximum Gasteiger partial charge on any atom is 0.0701 e. The summed E-state index contributed by atoms with van der Waals surface area (Å²) in [7, 11) is 3.30. The summed E-state index contributed by atoms with van der Waals surface area (Å²) in [6, 6.07) is 0. The lowest BCUT2D eigenvalue weighted by Gasteiger charge is -2.09. The Morgan fingerprint density at radius 3 is 0.708 bits per heavy atom. The summed E-state index contributed by atoms with van der Waals surface area (Å²) in [5, 5.41) is 0. The minimum Gasteiger partial charge on any atom is -0.382 e. The Morgan fingerprint density at radius 1 is 0.417 bits per heavy atom. The van der Waals surface area contributed by atoms with E-state index in [1.165, 1.54) is 0 Å². The highest BCUT2D eigenvalue weighted by Crippen LogP contribution is 1.86. The van der Waals surface area contributed by atoms with Gasteiger partial charge in [0.1, 0.15) is 0 Å². The minimum atomic E-state index is 0.586. The van der Waals surface area contributed by atoms with Crippen molar-refractivity contribution < 1.29 is 37.9 Å². The molecular formula is C16H34O8. The summed E-state index contributed by atoms with van der Waals surface area (Å²) in [6.45, 7) is 8.42. The average Bonchev–Trinajstić information content (AvgIpc) is 2.60. The second-order valence-electron chi connectivity index (χ2n) is 4.66. The molecule has 1 heterocycles. The van der Waals surface area contributed by atoms with Gasteiger partial charge in [-0.1, -0.05) is 0 Å². The molecule has 1 aliphatic heterocycles. The molecule has 0 aromatic rings. The molecule has 0 atom stereocenters. The molecule has 8 nitrogen and oxygen atoms in total. The highest BCUT2D eigenvalue weighted by atomic mass is 16.6. The van der Waals surface area contributed by atoms with E-state index >= 15 is 0 Å². The first kappa shape index (κ1) is 23.7. The van der Waals surface area contributed by atoms with E-state index in [-0.39, 0.29) is 0 Å². The molecule has 24 heavy (non-hydrogen) atoms. The van der Waals surface area contributed by atoms with Crippen LogP contribution >= 0.6 is 0 Å². The summed E-state index contributed by atoms with van der Waals surface area (Å²) in [5.74, 6) is 0. The molecule has 0 N–H and O–H groups in total. The lowest BCUT2D eigenvalue weighted by atomic mass is 10.6. The molecule has 0 unspecified atom stereocenters. The van der Waals surface area contributed by atoms with Crippen LogP contribution in [0, 0.1) is 0 Å². The average molecular weight is 354 g/mol. The molecule has 1 rings (SSSR count). The fraction of sp³-hybridized carbons (Fsp3) is 1.00. The predicted molar refractivity (Wildman–Crippen MR) is 88.7 cm³/mol. The molecule has 8 heteroatoms. The molecule has 0 aromatic carbocycles. The van der Waals surface area contributed by atoms with Gasteiger partial charge >= 0.3 is 0 Å². The Morgan fingerprint density at radius 2 is 0.583 bits per heavy atom. The van der Waals surface area contributed by atoms with E-state index < -0.39 is 0 Å². The summed E-state index contributed by atoms with van der Waals surface area (Å²) >= 11 is 0. The SMILES string of the molecule is C1COCCOCCOCCOCCOCCO1.COCCOC. The van der Waals surface area contributed by atoms with Crippen molar-refractivity contribution in [2.75, 3.05) is 107 Å². The monoisotopic (exact) mass is 354 g/mol. The normalized spacial score (nSPS) is 20.2. The van der Waals surface area contributed by atoms with Gasteiger partial charge in [-0.3, -0.25) is 0 Å². The fourth-order valence-corrected chi connectivity index (χ4v) is 1.49. The number of ether oxygens (including phenoxy) is 8. The van der Waals surface area contributed by atoms with E-state index in [4.69, 9.17) is 28.4 Å². The van der Waals surface area contributed by atoms with E-state index in [0.717, 1.165) is 0 Å². The van der Waals surface area contributed by atoms with Gasteiger partial charge in [0, 0.05) is 14.2 Å². The maximum atomic E-state index is 5.33. The van der Waals surface area contributed by atoms with Crippen LogP contribution in [-0.4, -0.2) is 107 Å². The topological polar surface area (TPSA) is 73.8 Å². The Hall–Kier alpha value is -0.320. The van der Waals surface area contributed by atoms with E-state index in [9.17, 15) is 0 Å². The second-order valence-corrected chi connectivity index (χ2v) is 4.66. The zero-order valence-electron chi connectivity index (χ0n) is 15.2. The van der Waals surface area contributed by atoms with Crippen molar-refractivity contribution in [3.63, 3.8) is 0 Å². The summed E-state index contributed by atoms with van der Waals surface area (Å²) in [6.07, 6.45) is 0. The molecule has 0 spiro atoms. The van der Waals surface area contributed by atoms with Crippen LogP contribution in [0.4, 0.5) is 0 Å². The molecule has 0 amide bonds. The predicted octanol–water partition coefficient (Wildman–Crippen LogP) is 0.379. The lowest BCUT2D eigenvalue weighted by molar-refractivity contribution is -0.0334. The third-order valence-corrected chi connectivity index (χ3v) is 2.72. The summed E-state index contributed by atoms with van der Waals surface area (Å²) < 4.78 is 41.3. The van der Waals surface area contributed by atoms with Crippen molar-refractivity contribution in [1.82, 2.24) is 0 Å².